The van der Waals surface area contributed by atoms with E-state index in [4.69, 9.17) is 33.5 Å². The summed E-state index contributed by atoms with van der Waals surface area (Å²) in [6.45, 7) is 7.30. The van der Waals surface area contributed by atoms with E-state index >= 15 is 0 Å². The van der Waals surface area contributed by atoms with Crippen molar-refractivity contribution in [3.8, 4) is 0 Å². The Kier molecular flexibility index (Phi) is 11.2. The molecule has 1 aliphatic heterocycles. The summed E-state index contributed by atoms with van der Waals surface area (Å²) in [6.07, 6.45) is 5.57. The highest BCUT2D eigenvalue weighted by Gasteiger charge is 2.72. The van der Waals surface area contributed by atoms with Gasteiger partial charge in [0, 0.05) is 39.3 Å². The highest BCUT2D eigenvalue weighted by Crippen LogP contribution is 2.68. The normalized spacial score (nSPS) is 28.3. The number of nitrogens with one attached hydrogen (secondary N) is 1. The molecule has 0 aromatic rings. The molecule has 202 valence electrons. The van der Waals surface area contributed by atoms with Crippen molar-refractivity contribution in [2.24, 2.45) is 11.3 Å². The molecule has 0 bridgehead atoms. The summed E-state index contributed by atoms with van der Waals surface area (Å²) in [6, 6.07) is 0. The first-order chi connectivity index (χ1) is 16.9. The molecular weight excluding hydrogens is 458 g/mol. The Labute approximate surface area is 208 Å². The number of unbranched alkanes of at least 4 members (excludes halogenated alkanes) is 1. The molecule has 2 spiro atoms. The summed E-state index contributed by atoms with van der Waals surface area (Å²) in [5.41, 5.74) is -0.117. The van der Waals surface area contributed by atoms with Crippen molar-refractivity contribution in [1.29, 1.82) is 0 Å². The summed E-state index contributed by atoms with van der Waals surface area (Å²) in [5.74, 6) is 0.120. The van der Waals surface area contributed by atoms with Crippen molar-refractivity contribution < 1.29 is 43.1 Å². The maximum Gasteiger partial charge on any atom is 0.303 e. The van der Waals surface area contributed by atoms with Gasteiger partial charge in [-0.15, -0.1) is 0 Å². The number of ether oxygens (including phenoxy) is 6. The molecule has 10 heteroatoms. The molecule has 1 amide bonds. The Morgan fingerprint density at radius 3 is 2.31 bits per heavy atom. The van der Waals surface area contributed by atoms with Crippen LogP contribution in [0, 0.1) is 11.3 Å². The number of esters is 1. The first-order valence-corrected chi connectivity index (χ1v) is 13.0. The zero-order valence-corrected chi connectivity index (χ0v) is 21.3. The lowest BCUT2D eigenvalue weighted by atomic mass is 9.79. The molecule has 2 unspecified atom stereocenters. The molecule has 2 N–H and O–H groups in total. The van der Waals surface area contributed by atoms with E-state index in [1.165, 1.54) is 19.8 Å². The van der Waals surface area contributed by atoms with Crippen LogP contribution in [0.25, 0.3) is 0 Å². The maximum atomic E-state index is 12.0. The minimum absolute atomic E-state index is 0.00622. The number of rotatable bonds is 18. The van der Waals surface area contributed by atoms with E-state index in [1.807, 2.05) is 0 Å². The van der Waals surface area contributed by atoms with Crippen molar-refractivity contribution in [2.75, 3.05) is 59.4 Å². The number of amides is 1. The Bertz CT molecular complexity index is 671. The van der Waals surface area contributed by atoms with Crippen molar-refractivity contribution in [2.45, 2.75) is 76.8 Å². The van der Waals surface area contributed by atoms with E-state index in [2.05, 4.69) is 12.2 Å². The molecule has 0 radical (unpaired) electrons. The average molecular weight is 502 g/mol. The van der Waals surface area contributed by atoms with Gasteiger partial charge in [0.2, 0.25) is 5.91 Å². The topological polar surface area (TPSA) is 122 Å². The fraction of sp³-hybridized carbons (Fsp3) is 0.920. The van der Waals surface area contributed by atoms with Gasteiger partial charge in [0.1, 0.15) is 11.7 Å². The lowest BCUT2D eigenvalue weighted by Crippen LogP contribution is -2.46. The van der Waals surface area contributed by atoms with Gasteiger partial charge in [-0.1, -0.05) is 6.92 Å². The summed E-state index contributed by atoms with van der Waals surface area (Å²) in [5, 5.41) is 11.4. The van der Waals surface area contributed by atoms with Crippen LogP contribution >= 0.6 is 0 Å². The highest BCUT2D eigenvalue weighted by atomic mass is 16.7. The van der Waals surface area contributed by atoms with Crippen molar-refractivity contribution >= 4 is 11.9 Å². The quantitative estimate of drug-likeness (QED) is 0.213. The van der Waals surface area contributed by atoms with Crippen LogP contribution in [0.1, 0.15) is 58.8 Å². The van der Waals surface area contributed by atoms with Crippen LogP contribution in [0.5, 0.6) is 0 Å². The first kappa shape index (κ1) is 28.3. The van der Waals surface area contributed by atoms with Gasteiger partial charge in [-0.3, -0.25) is 9.59 Å². The van der Waals surface area contributed by atoms with Gasteiger partial charge >= 0.3 is 5.97 Å². The van der Waals surface area contributed by atoms with E-state index in [0.29, 0.717) is 65.1 Å². The monoisotopic (exact) mass is 501 g/mol. The van der Waals surface area contributed by atoms with Gasteiger partial charge in [0.05, 0.1) is 46.2 Å². The van der Waals surface area contributed by atoms with Gasteiger partial charge < -0.3 is 38.8 Å². The lowest BCUT2D eigenvalue weighted by Gasteiger charge is -2.41. The average Bonchev–Trinajstić information content (AvgIpc) is 3.73. The van der Waals surface area contributed by atoms with E-state index < -0.39 is 0 Å². The van der Waals surface area contributed by atoms with Gasteiger partial charge in [0.15, 0.2) is 6.29 Å². The number of carbonyl (C=O) groups excluding carboxylic acids is 2. The zero-order valence-electron chi connectivity index (χ0n) is 21.3. The zero-order chi connectivity index (χ0) is 25.2. The van der Waals surface area contributed by atoms with Gasteiger partial charge in [0.25, 0.3) is 0 Å². The Hall–Kier alpha value is -1.30. The first-order valence-electron chi connectivity index (χ1n) is 13.0. The maximum absolute atomic E-state index is 12.0. The SMILES string of the molecule is CC(=O)OC1CC12O[C@@H](OCCCCC(=O)NCCOCCOCCOCCO)CC1(CC1)[C@H]2C. The molecule has 0 aromatic carbocycles. The third-order valence-electron chi connectivity index (χ3n) is 7.32. The van der Waals surface area contributed by atoms with Crippen molar-refractivity contribution in [3.05, 3.63) is 0 Å². The molecular formula is C25H43NO9. The lowest BCUT2D eigenvalue weighted by molar-refractivity contribution is -0.249. The standard InChI is InChI=1S/C25H43NO9/c1-19-24(6-7-24)18-23(35-25(19)17-21(25)34-20(2)28)33-10-4-3-5-22(29)26-8-11-30-13-15-32-16-14-31-12-9-27/h19,21,23,27H,3-18H2,1-2H3,(H,26,29)/t19-,21?,23-,25?/m1/s1. The van der Waals surface area contributed by atoms with E-state index in [1.54, 1.807) is 0 Å². The van der Waals surface area contributed by atoms with Crippen LogP contribution < -0.4 is 5.32 Å². The van der Waals surface area contributed by atoms with E-state index in [-0.39, 0.29) is 41.9 Å². The molecule has 1 heterocycles. The predicted octanol–water partition coefficient (Wildman–Crippen LogP) is 1.57. The molecule has 4 atom stereocenters. The fourth-order valence-electron chi connectivity index (χ4n) is 5.02. The fourth-order valence-corrected chi connectivity index (χ4v) is 5.02. The van der Waals surface area contributed by atoms with Crippen molar-refractivity contribution in [3.63, 3.8) is 0 Å². The molecule has 35 heavy (non-hydrogen) atoms. The van der Waals surface area contributed by atoms with Crippen LogP contribution in [-0.2, 0) is 38.0 Å². The number of aliphatic hydroxyl groups excluding tert-OH is 1. The molecule has 3 rings (SSSR count). The van der Waals surface area contributed by atoms with Gasteiger partial charge in [-0.25, -0.2) is 0 Å². The van der Waals surface area contributed by atoms with Crippen LogP contribution in [0.2, 0.25) is 0 Å². The summed E-state index contributed by atoms with van der Waals surface area (Å²) < 4.78 is 33.6. The second-order valence-electron chi connectivity index (χ2n) is 9.83. The molecule has 3 aliphatic rings. The summed E-state index contributed by atoms with van der Waals surface area (Å²) in [7, 11) is 0. The summed E-state index contributed by atoms with van der Waals surface area (Å²) in [4.78, 5) is 23.4. The molecule has 0 aromatic heterocycles. The molecule has 3 fully saturated rings. The number of carbonyl (C=O) groups is 2. The van der Waals surface area contributed by atoms with Crippen LogP contribution in [0.4, 0.5) is 0 Å². The van der Waals surface area contributed by atoms with Crippen molar-refractivity contribution in [1.82, 2.24) is 5.32 Å². The minimum atomic E-state index is -0.381. The van der Waals surface area contributed by atoms with Crippen LogP contribution in [-0.4, -0.2) is 94.4 Å². The number of hydrogen-bond donors (Lipinski definition) is 2. The molecule has 10 nitrogen and oxygen atoms in total. The number of hydrogen-bond acceptors (Lipinski definition) is 9. The van der Waals surface area contributed by atoms with Gasteiger partial charge in [-0.2, -0.15) is 0 Å². The molecule has 2 aliphatic carbocycles. The van der Waals surface area contributed by atoms with E-state index in [0.717, 1.165) is 25.7 Å². The van der Waals surface area contributed by atoms with E-state index in [9.17, 15) is 9.59 Å². The third kappa shape index (κ3) is 8.65. The Morgan fingerprint density at radius 1 is 0.971 bits per heavy atom. The smallest absolute Gasteiger partial charge is 0.303 e. The molecule has 1 saturated heterocycles. The second-order valence-corrected chi connectivity index (χ2v) is 9.83. The Balaban J connectivity index is 1.17. The Morgan fingerprint density at radius 2 is 1.66 bits per heavy atom. The summed E-state index contributed by atoms with van der Waals surface area (Å²) >= 11 is 0. The predicted molar refractivity (Wildman–Crippen MR) is 126 cm³/mol. The van der Waals surface area contributed by atoms with Crippen LogP contribution in [0.15, 0.2) is 0 Å². The largest absolute Gasteiger partial charge is 0.459 e. The molecule has 2 saturated carbocycles. The van der Waals surface area contributed by atoms with Gasteiger partial charge in [-0.05, 0) is 37.0 Å². The van der Waals surface area contributed by atoms with Crippen LogP contribution in [0.3, 0.4) is 0 Å². The second kappa shape index (κ2) is 13.9. The minimum Gasteiger partial charge on any atom is -0.459 e. The highest BCUT2D eigenvalue weighted by molar-refractivity contribution is 5.75. The number of aliphatic hydroxyl groups is 1. The third-order valence-corrected chi connectivity index (χ3v) is 7.32.